The molecule has 0 aliphatic heterocycles. The van der Waals surface area contributed by atoms with Crippen LogP contribution in [0.5, 0.6) is 0 Å². The van der Waals surface area contributed by atoms with Gasteiger partial charge in [-0.05, 0) is 42.0 Å². The van der Waals surface area contributed by atoms with Gasteiger partial charge in [-0.1, -0.05) is 19.9 Å². The van der Waals surface area contributed by atoms with E-state index in [-0.39, 0.29) is 11.7 Å². The Balaban J connectivity index is 3.11. The van der Waals surface area contributed by atoms with Crippen LogP contribution in [-0.4, -0.2) is 6.29 Å². The number of halogens is 1. The van der Waals surface area contributed by atoms with Gasteiger partial charge in [0.2, 0.25) is 0 Å². The molecule has 1 aromatic carbocycles. The van der Waals surface area contributed by atoms with Crippen molar-refractivity contribution in [2.24, 2.45) is 0 Å². The summed E-state index contributed by atoms with van der Waals surface area (Å²) in [6.45, 7) is 5.81. The molecule has 1 rings (SSSR count). The zero-order valence-electron chi connectivity index (χ0n) is 9.51. The Labute approximate surface area is 90.3 Å². The molecule has 0 spiro atoms. The Morgan fingerprint density at radius 1 is 1.47 bits per heavy atom. The first-order valence-electron chi connectivity index (χ1n) is 5.32. The number of hydrogen-bond donors (Lipinski definition) is 0. The zero-order valence-corrected chi connectivity index (χ0v) is 9.51. The molecule has 0 radical (unpaired) electrons. The van der Waals surface area contributed by atoms with E-state index in [9.17, 15) is 9.18 Å². The molecule has 0 aromatic heterocycles. The number of hydrogen-bond acceptors (Lipinski definition) is 1. The van der Waals surface area contributed by atoms with Crippen LogP contribution in [0.4, 0.5) is 4.39 Å². The highest BCUT2D eigenvalue weighted by Crippen LogP contribution is 2.25. The second-order valence-electron chi connectivity index (χ2n) is 3.96. The van der Waals surface area contributed by atoms with Crippen molar-refractivity contribution in [1.82, 2.24) is 0 Å². The number of aryl methyl sites for hydroxylation is 2. The average molecular weight is 208 g/mol. The number of carbonyl (C=O) groups excluding carboxylic acids is 1. The molecule has 0 heterocycles. The lowest BCUT2D eigenvalue weighted by atomic mass is 9.92. The van der Waals surface area contributed by atoms with Crippen molar-refractivity contribution in [1.29, 1.82) is 0 Å². The molecule has 1 nitrogen and oxygen atoms in total. The van der Waals surface area contributed by atoms with Crippen molar-refractivity contribution >= 4 is 6.29 Å². The summed E-state index contributed by atoms with van der Waals surface area (Å²) >= 11 is 0. The first-order chi connectivity index (χ1) is 7.10. The van der Waals surface area contributed by atoms with Crippen molar-refractivity contribution in [3.8, 4) is 0 Å². The summed E-state index contributed by atoms with van der Waals surface area (Å²) in [7, 11) is 0. The molecule has 1 unspecified atom stereocenters. The molecule has 82 valence electrons. The van der Waals surface area contributed by atoms with E-state index < -0.39 is 0 Å². The van der Waals surface area contributed by atoms with Gasteiger partial charge in [0, 0.05) is 6.42 Å². The summed E-state index contributed by atoms with van der Waals surface area (Å²) < 4.78 is 13.4. The summed E-state index contributed by atoms with van der Waals surface area (Å²) in [5.41, 5.74) is 2.74. The quantitative estimate of drug-likeness (QED) is 0.693. The third kappa shape index (κ3) is 2.65. The predicted octanol–water partition coefficient (Wildman–Crippen LogP) is 3.39. The lowest BCUT2D eigenvalue weighted by Gasteiger charge is -2.14. The van der Waals surface area contributed by atoms with E-state index in [0.29, 0.717) is 12.8 Å². The van der Waals surface area contributed by atoms with Crippen LogP contribution in [0.15, 0.2) is 12.1 Å². The van der Waals surface area contributed by atoms with Crippen molar-refractivity contribution in [3.63, 3.8) is 0 Å². The van der Waals surface area contributed by atoms with Crippen LogP contribution in [0.1, 0.15) is 42.9 Å². The summed E-state index contributed by atoms with van der Waals surface area (Å²) in [6.07, 6.45) is 2.10. The van der Waals surface area contributed by atoms with E-state index in [0.717, 1.165) is 23.0 Å². The van der Waals surface area contributed by atoms with Crippen molar-refractivity contribution in [3.05, 3.63) is 34.6 Å². The fourth-order valence-electron chi connectivity index (χ4n) is 1.81. The summed E-state index contributed by atoms with van der Waals surface area (Å²) in [5, 5.41) is 0. The Hall–Kier alpha value is -1.18. The van der Waals surface area contributed by atoms with E-state index in [1.54, 1.807) is 6.07 Å². The van der Waals surface area contributed by atoms with Crippen LogP contribution in [0.3, 0.4) is 0 Å². The van der Waals surface area contributed by atoms with E-state index >= 15 is 0 Å². The fraction of sp³-hybridized carbons (Fsp3) is 0.462. The van der Waals surface area contributed by atoms with Crippen LogP contribution < -0.4 is 0 Å². The monoisotopic (exact) mass is 208 g/mol. The van der Waals surface area contributed by atoms with Gasteiger partial charge in [0.1, 0.15) is 12.1 Å². The maximum atomic E-state index is 13.4. The lowest BCUT2D eigenvalue weighted by Crippen LogP contribution is -2.01. The third-order valence-electron chi connectivity index (χ3n) is 2.80. The van der Waals surface area contributed by atoms with Crippen LogP contribution in [0.25, 0.3) is 0 Å². The second-order valence-corrected chi connectivity index (χ2v) is 3.96. The molecule has 0 fully saturated rings. The molecule has 2 heteroatoms. The average Bonchev–Trinajstić information content (AvgIpc) is 2.18. The highest BCUT2D eigenvalue weighted by molar-refractivity contribution is 5.52. The topological polar surface area (TPSA) is 17.1 Å². The standard InChI is InChI=1S/C13H17FO/c1-4-11-8-12(9(2)5-6-15)10(3)7-13(11)14/h6-9H,4-5H2,1-3H3. The number of benzene rings is 1. The van der Waals surface area contributed by atoms with Gasteiger partial charge >= 0.3 is 0 Å². The number of carbonyl (C=O) groups is 1. The first kappa shape index (κ1) is 11.9. The van der Waals surface area contributed by atoms with E-state index in [2.05, 4.69) is 0 Å². The van der Waals surface area contributed by atoms with Crippen LogP contribution >= 0.6 is 0 Å². The number of aldehydes is 1. The maximum absolute atomic E-state index is 13.4. The summed E-state index contributed by atoms with van der Waals surface area (Å²) in [4.78, 5) is 10.4. The van der Waals surface area contributed by atoms with Gasteiger partial charge in [0.05, 0.1) is 0 Å². The van der Waals surface area contributed by atoms with E-state index in [1.165, 1.54) is 0 Å². The van der Waals surface area contributed by atoms with Gasteiger partial charge in [0.15, 0.2) is 0 Å². The molecule has 0 amide bonds. The predicted molar refractivity (Wildman–Crippen MR) is 59.6 cm³/mol. The fourth-order valence-corrected chi connectivity index (χ4v) is 1.81. The van der Waals surface area contributed by atoms with Gasteiger partial charge in [0.25, 0.3) is 0 Å². The Morgan fingerprint density at radius 2 is 2.13 bits per heavy atom. The van der Waals surface area contributed by atoms with Gasteiger partial charge in [-0.15, -0.1) is 0 Å². The Morgan fingerprint density at radius 3 is 2.67 bits per heavy atom. The molecule has 0 N–H and O–H groups in total. The summed E-state index contributed by atoms with van der Waals surface area (Å²) in [5.74, 6) is 0.0328. The van der Waals surface area contributed by atoms with Gasteiger partial charge in [-0.25, -0.2) is 4.39 Å². The SMILES string of the molecule is CCc1cc(C(C)CC=O)c(C)cc1F. The molecular weight excluding hydrogens is 191 g/mol. The van der Waals surface area contributed by atoms with Gasteiger partial charge in [-0.2, -0.15) is 0 Å². The molecule has 0 aliphatic carbocycles. The zero-order chi connectivity index (χ0) is 11.4. The molecule has 0 bridgehead atoms. The van der Waals surface area contributed by atoms with Gasteiger partial charge < -0.3 is 4.79 Å². The van der Waals surface area contributed by atoms with Crippen LogP contribution in [0.2, 0.25) is 0 Å². The van der Waals surface area contributed by atoms with Crippen LogP contribution in [-0.2, 0) is 11.2 Å². The molecule has 0 aliphatic rings. The molecule has 15 heavy (non-hydrogen) atoms. The highest BCUT2D eigenvalue weighted by atomic mass is 19.1. The molecule has 1 atom stereocenters. The van der Waals surface area contributed by atoms with E-state index in [1.807, 2.05) is 26.8 Å². The highest BCUT2D eigenvalue weighted by Gasteiger charge is 2.11. The Bertz CT molecular complexity index is 358. The van der Waals surface area contributed by atoms with Gasteiger partial charge in [-0.3, -0.25) is 0 Å². The smallest absolute Gasteiger partial charge is 0.126 e. The molecule has 0 saturated carbocycles. The van der Waals surface area contributed by atoms with Crippen molar-refractivity contribution in [2.75, 3.05) is 0 Å². The normalized spacial score (nSPS) is 12.5. The van der Waals surface area contributed by atoms with Crippen molar-refractivity contribution < 1.29 is 9.18 Å². The minimum Gasteiger partial charge on any atom is -0.303 e. The minimum atomic E-state index is -0.142. The Kier molecular flexibility index (Phi) is 4.01. The van der Waals surface area contributed by atoms with Crippen molar-refractivity contribution in [2.45, 2.75) is 39.5 Å². The second kappa shape index (κ2) is 5.06. The lowest BCUT2D eigenvalue weighted by molar-refractivity contribution is -0.108. The maximum Gasteiger partial charge on any atom is 0.126 e. The largest absolute Gasteiger partial charge is 0.303 e. The molecule has 1 aromatic rings. The summed E-state index contributed by atoms with van der Waals surface area (Å²) in [6, 6.07) is 3.45. The molecular formula is C13H17FO. The van der Waals surface area contributed by atoms with Crippen LogP contribution in [0, 0.1) is 12.7 Å². The number of rotatable bonds is 4. The van der Waals surface area contributed by atoms with E-state index in [4.69, 9.17) is 0 Å². The molecule has 0 saturated heterocycles. The minimum absolute atomic E-state index is 0.142. The third-order valence-corrected chi connectivity index (χ3v) is 2.80. The first-order valence-corrected chi connectivity index (χ1v) is 5.32.